The third-order valence-corrected chi connectivity index (χ3v) is 3.90. The van der Waals surface area contributed by atoms with Gasteiger partial charge < -0.3 is 5.11 Å². The van der Waals surface area contributed by atoms with Gasteiger partial charge in [-0.15, -0.1) is 0 Å². The summed E-state index contributed by atoms with van der Waals surface area (Å²) in [6, 6.07) is 0. The molecule has 1 aromatic heterocycles. The Morgan fingerprint density at radius 3 is 2.47 bits per heavy atom. The van der Waals surface area contributed by atoms with Crippen LogP contribution in [0.2, 0.25) is 0 Å². The lowest BCUT2D eigenvalue weighted by Crippen LogP contribution is -2.28. The van der Waals surface area contributed by atoms with E-state index in [1.165, 1.54) is 21.8 Å². The summed E-state index contributed by atoms with van der Waals surface area (Å²) >= 11 is 5.05. The maximum atomic E-state index is 12.0. The quantitative estimate of drug-likeness (QED) is 0.649. The zero-order valence-corrected chi connectivity index (χ0v) is 12.0. The molecule has 1 saturated heterocycles. The minimum absolute atomic E-state index is 0.145. The Bertz CT molecular complexity index is 611. The molecule has 2 rings (SSSR count). The van der Waals surface area contributed by atoms with Gasteiger partial charge in [-0.1, -0.05) is 0 Å². The topological polar surface area (TPSA) is 62.8 Å². The highest BCUT2D eigenvalue weighted by atomic mass is 32.1. The SMILES string of the molecule is Cn1c(O)c(/C=N/N2CCCCC2)c(=O)n(C)c1=S. The van der Waals surface area contributed by atoms with Crippen molar-refractivity contribution in [1.29, 1.82) is 0 Å². The van der Waals surface area contributed by atoms with Crippen LogP contribution in [0.3, 0.4) is 0 Å². The van der Waals surface area contributed by atoms with Gasteiger partial charge in [0.1, 0.15) is 5.56 Å². The van der Waals surface area contributed by atoms with Crippen molar-refractivity contribution in [3.05, 3.63) is 20.7 Å². The van der Waals surface area contributed by atoms with E-state index in [0.717, 1.165) is 25.9 Å². The molecule has 7 heteroatoms. The standard InChI is InChI=1S/C12H18N4O2S/c1-14-10(17)9(11(18)15(2)12(14)19)8-13-16-6-4-3-5-7-16/h8,17H,3-7H2,1-2H3/b13-8+. The Balaban J connectivity index is 2.37. The predicted octanol–water partition coefficient (Wildman–Crippen LogP) is 0.979. The summed E-state index contributed by atoms with van der Waals surface area (Å²) in [5.41, 5.74) is -0.162. The van der Waals surface area contributed by atoms with E-state index in [1.54, 1.807) is 14.1 Å². The highest BCUT2D eigenvalue weighted by Crippen LogP contribution is 2.12. The first-order valence-corrected chi connectivity index (χ1v) is 6.71. The van der Waals surface area contributed by atoms with Gasteiger partial charge in [-0.25, -0.2) is 0 Å². The first kappa shape index (κ1) is 13.8. The summed E-state index contributed by atoms with van der Waals surface area (Å²) in [7, 11) is 3.21. The van der Waals surface area contributed by atoms with Crippen LogP contribution in [-0.4, -0.2) is 38.6 Å². The summed E-state index contributed by atoms with van der Waals surface area (Å²) in [6.07, 6.45) is 4.87. The van der Waals surface area contributed by atoms with Gasteiger partial charge in [0.05, 0.1) is 6.21 Å². The van der Waals surface area contributed by atoms with Crippen LogP contribution in [0.4, 0.5) is 0 Å². The Hall–Kier alpha value is -1.63. The van der Waals surface area contributed by atoms with Crippen molar-refractivity contribution >= 4 is 18.4 Å². The Labute approximate surface area is 116 Å². The number of hydrogen-bond donors (Lipinski definition) is 1. The van der Waals surface area contributed by atoms with Crippen molar-refractivity contribution in [2.24, 2.45) is 19.2 Å². The summed E-state index contributed by atoms with van der Waals surface area (Å²) < 4.78 is 3.00. The van der Waals surface area contributed by atoms with Crippen LogP contribution in [-0.2, 0) is 14.1 Å². The van der Waals surface area contributed by atoms with E-state index in [1.807, 2.05) is 5.01 Å². The largest absolute Gasteiger partial charge is 0.494 e. The Kier molecular flexibility index (Phi) is 4.04. The smallest absolute Gasteiger partial charge is 0.266 e. The zero-order chi connectivity index (χ0) is 14.0. The van der Waals surface area contributed by atoms with Crippen LogP contribution in [0, 0.1) is 4.77 Å². The second-order valence-electron chi connectivity index (χ2n) is 4.70. The monoisotopic (exact) mass is 282 g/mol. The van der Waals surface area contributed by atoms with Gasteiger partial charge in [0.25, 0.3) is 5.56 Å². The fraction of sp³-hybridized carbons (Fsp3) is 0.583. The van der Waals surface area contributed by atoms with E-state index in [2.05, 4.69) is 5.10 Å². The van der Waals surface area contributed by atoms with Crippen LogP contribution in [0.15, 0.2) is 9.90 Å². The molecule has 0 atom stereocenters. The molecule has 0 aromatic carbocycles. The molecule has 104 valence electrons. The van der Waals surface area contributed by atoms with Gasteiger partial charge in [-0.2, -0.15) is 5.10 Å². The van der Waals surface area contributed by atoms with E-state index in [-0.39, 0.29) is 21.8 Å². The Morgan fingerprint density at radius 2 is 1.84 bits per heavy atom. The lowest BCUT2D eigenvalue weighted by molar-refractivity contribution is 0.240. The number of hydrogen-bond acceptors (Lipinski definition) is 5. The average Bonchev–Trinajstić information content (AvgIpc) is 2.44. The van der Waals surface area contributed by atoms with Gasteiger partial charge in [-0.3, -0.25) is 18.9 Å². The molecule has 1 aliphatic heterocycles. The van der Waals surface area contributed by atoms with Gasteiger partial charge in [0.15, 0.2) is 4.77 Å². The Morgan fingerprint density at radius 1 is 1.21 bits per heavy atom. The second kappa shape index (κ2) is 5.56. The van der Waals surface area contributed by atoms with Crippen molar-refractivity contribution in [3.8, 4) is 5.88 Å². The van der Waals surface area contributed by atoms with Crippen molar-refractivity contribution in [3.63, 3.8) is 0 Å². The van der Waals surface area contributed by atoms with Crippen molar-refractivity contribution in [1.82, 2.24) is 14.1 Å². The molecular formula is C12H18N4O2S. The summed E-state index contributed by atoms with van der Waals surface area (Å²) in [4.78, 5) is 12.0. The van der Waals surface area contributed by atoms with Crippen LogP contribution in [0.5, 0.6) is 5.88 Å². The average molecular weight is 282 g/mol. The van der Waals surface area contributed by atoms with Gasteiger partial charge >= 0.3 is 0 Å². The minimum Gasteiger partial charge on any atom is -0.494 e. The molecule has 0 unspecified atom stereocenters. The molecule has 0 radical (unpaired) electrons. The molecule has 0 spiro atoms. The summed E-state index contributed by atoms with van der Waals surface area (Å²) in [5.74, 6) is -0.145. The van der Waals surface area contributed by atoms with Gasteiger partial charge in [0.2, 0.25) is 5.88 Å². The molecule has 2 heterocycles. The number of nitrogens with zero attached hydrogens (tertiary/aromatic N) is 4. The third kappa shape index (κ3) is 2.70. The van der Waals surface area contributed by atoms with Crippen molar-refractivity contribution in [2.45, 2.75) is 19.3 Å². The maximum Gasteiger partial charge on any atom is 0.266 e. The highest BCUT2D eigenvalue weighted by molar-refractivity contribution is 7.71. The molecule has 0 amide bonds. The lowest BCUT2D eigenvalue weighted by atomic mass is 10.2. The maximum absolute atomic E-state index is 12.0. The fourth-order valence-electron chi connectivity index (χ4n) is 2.10. The fourth-order valence-corrected chi connectivity index (χ4v) is 2.27. The van der Waals surface area contributed by atoms with Crippen LogP contribution in [0.1, 0.15) is 24.8 Å². The molecule has 1 fully saturated rings. The van der Waals surface area contributed by atoms with Crippen molar-refractivity contribution < 1.29 is 5.11 Å². The number of aromatic nitrogens is 2. The minimum atomic E-state index is -0.332. The van der Waals surface area contributed by atoms with Crippen LogP contribution in [0.25, 0.3) is 0 Å². The summed E-state index contributed by atoms with van der Waals surface area (Å²) in [6.45, 7) is 1.78. The molecular weight excluding hydrogens is 264 g/mol. The molecule has 0 aliphatic carbocycles. The second-order valence-corrected chi connectivity index (χ2v) is 5.07. The van der Waals surface area contributed by atoms with E-state index in [0.29, 0.717) is 0 Å². The number of rotatable bonds is 2. The van der Waals surface area contributed by atoms with E-state index < -0.39 is 0 Å². The first-order valence-electron chi connectivity index (χ1n) is 6.30. The van der Waals surface area contributed by atoms with Gasteiger partial charge in [0, 0.05) is 27.2 Å². The van der Waals surface area contributed by atoms with Gasteiger partial charge in [-0.05, 0) is 31.5 Å². The highest BCUT2D eigenvalue weighted by Gasteiger charge is 2.12. The number of piperidine rings is 1. The van der Waals surface area contributed by atoms with Crippen molar-refractivity contribution in [2.75, 3.05) is 13.1 Å². The van der Waals surface area contributed by atoms with E-state index in [4.69, 9.17) is 12.2 Å². The summed E-state index contributed by atoms with van der Waals surface area (Å²) in [5, 5.41) is 16.2. The molecule has 19 heavy (non-hydrogen) atoms. The van der Waals surface area contributed by atoms with E-state index in [9.17, 15) is 9.90 Å². The number of aromatic hydroxyl groups is 1. The molecule has 0 bridgehead atoms. The molecule has 6 nitrogen and oxygen atoms in total. The third-order valence-electron chi connectivity index (χ3n) is 3.35. The van der Waals surface area contributed by atoms with E-state index >= 15 is 0 Å². The molecule has 1 aromatic rings. The molecule has 1 aliphatic rings. The molecule has 0 saturated carbocycles. The predicted molar refractivity (Wildman–Crippen MR) is 76.2 cm³/mol. The zero-order valence-electron chi connectivity index (χ0n) is 11.2. The molecule has 1 N–H and O–H groups in total. The normalized spacial score (nSPS) is 16.2. The van der Waals surface area contributed by atoms with Crippen LogP contribution < -0.4 is 5.56 Å². The van der Waals surface area contributed by atoms with Crippen LogP contribution >= 0.6 is 12.2 Å². The number of hydrazone groups is 1. The first-order chi connectivity index (χ1) is 9.02. The lowest BCUT2D eigenvalue weighted by Gasteiger charge is -2.23.